The van der Waals surface area contributed by atoms with Crippen molar-refractivity contribution in [3.8, 4) is 5.75 Å². The average Bonchev–Trinajstić information content (AvgIpc) is 2.84. The number of benzene rings is 1. The number of nitrogens with zero attached hydrogens (tertiary/aromatic N) is 2. The minimum absolute atomic E-state index is 0.0638. The molecule has 0 aliphatic rings. The second-order valence-electron chi connectivity index (χ2n) is 4.43. The minimum atomic E-state index is 0.0638. The molecule has 0 saturated carbocycles. The number of aromatic nitrogens is 2. The van der Waals surface area contributed by atoms with Crippen LogP contribution >= 0.6 is 0 Å². The van der Waals surface area contributed by atoms with Gasteiger partial charge in [0.2, 0.25) is 0 Å². The van der Waals surface area contributed by atoms with Crippen LogP contribution in [0.2, 0.25) is 0 Å². The largest absolute Gasteiger partial charge is 0.494 e. The van der Waals surface area contributed by atoms with Crippen molar-refractivity contribution in [1.82, 2.24) is 14.9 Å². The Morgan fingerprint density at radius 3 is 2.74 bits per heavy atom. The average molecular weight is 259 g/mol. The summed E-state index contributed by atoms with van der Waals surface area (Å²) < 4.78 is 7.68. The molecule has 0 aliphatic carbocycles. The number of hydrogen-bond acceptors (Lipinski definition) is 3. The van der Waals surface area contributed by atoms with E-state index in [0.29, 0.717) is 6.61 Å². The van der Waals surface area contributed by atoms with E-state index in [1.807, 2.05) is 49.3 Å². The lowest BCUT2D eigenvalue weighted by molar-refractivity contribution is 0.333. The van der Waals surface area contributed by atoms with Crippen molar-refractivity contribution in [2.24, 2.45) is 7.05 Å². The number of para-hydroxylation sites is 1. The molecule has 2 aromatic rings. The zero-order valence-corrected chi connectivity index (χ0v) is 11.8. The first kappa shape index (κ1) is 13.6. The Morgan fingerprint density at radius 2 is 2.11 bits per heavy atom. The molecule has 102 valence electrons. The van der Waals surface area contributed by atoms with Gasteiger partial charge in [0.15, 0.2) is 0 Å². The highest BCUT2D eigenvalue weighted by molar-refractivity contribution is 5.39. The van der Waals surface area contributed by atoms with Gasteiger partial charge >= 0.3 is 0 Å². The fraction of sp³-hybridized carbons (Fsp3) is 0.400. The molecule has 4 nitrogen and oxygen atoms in total. The highest BCUT2D eigenvalue weighted by Crippen LogP contribution is 2.29. The lowest BCUT2D eigenvalue weighted by Gasteiger charge is -2.19. The van der Waals surface area contributed by atoms with Crippen LogP contribution in [-0.4, -0.2) is 22.7 Å². The lowest BCUT2D eigenvalue weighted by atomic mass is 10.0. The Kier molecular flexibility index (Phi) is 4.58. The molecule has 1 aromatic heterocycles. The van der Waals surface area contributed by atoms with Gasteiger partial charge in [-0.1, -0.05) is 25.1 Å². The van der Waals surface area contributed by atoms with Gasteiger partial charge in [-0.25, -0.2) is 4.98 Å². The first-order valence-electron chi connectivity index (χ1n) is 6.69. The second kappa shape index (κ2) is 6.38. The summed E-state index contributed by atoms with van der Waals surface area (Å²) in [5.74, 6) is 0.918. The van der Waals surface area contributed by atoms with Crippen LogP contribution in [0.1, 0.15) is 31.1 Å². The standard InChI is InChI=1S/C15H21N3O/c1-4-16-15(13-10-18(3)11-17-13)12-8-6-7-9-14(12)19-5-2/h6-11,15-16H,4-5H2,1-3H3. The predicted molar refractivity (Wildman–Crippen MR) is 76.3 cm³/mol. The van der Waals surface area contributed by atoms with Crippen molar-refractivity contribution in [3.05, 3.63) is 48.0 Å². The normalized spacial score (nSPS) is 12.4. The van der Waals surface area contributed by atoms with Gasteiger partial charge in [-0.3, -0.25) is 0 Å². The van der Waals surface area contributed by atoms with Gasteiger partial charge < -0.3 is 14.6 Å². The summed E-state index contributed by atoms with van der Waals surface area (Å²) in [7, 11) is 1.98. The van der Waals surface area contributed by atoms with E-state index in [2.05, 4.69) is 23.3 Å². The highest BCUT2D eigenvalue weighted by atomic mass is 16.5. The molecule has 0 fully saturated rings. The molecule has 0 radical (unpaired) electrons. The first-order chi connectivity index (χ1) is 9.26. The molecule has 0 bridgehead atoms. The summed E-state index contributed by atoms with van der Waals surface area (Å²) in [4.78, 5) is 4.46. The molecule has 1 heterocycles. The maximum atomic E-state index is 5.72. The summed E-state index contributed by atoms with van der Waals surface area (Å²) in [6, 6.07) is 8.19. The van der Waals surface area contributed by atoms with Gasteiger partial charge in [-0.15, -0.1) is 0 Å². The molecule has 0 aliphatic heterocycles. The maximum absolute atomic E-state index is 5.72. The van der Waals surface area contributed by atoms with Crippen molar-refractivity contribution in [3.63, 3.8) is 0 Å². The molecule has 4 heteroatoms. The fourth-order valence-corrected chi connectivity index (χ4v) is 2.17. The topological polar surface area (TPSA) is 39.1 Å². The van der Waals surface area contributed by atoms with E-state index in [-0.39, 0.29) is 6.04 Å². The van der Waals surface area contributed by atoms with Gasteiger partial charge in [0.25, 0.3) is 0 Å². The quantitative estimate of drug-likeness (QED) is 0.866. The fourth-order valence-electron chi connectivity index (χ4n) is 2.17. The number of hydrogen-bond donors (Lipinski definition) is 1. The van der Waals surface area contributed by atoms with Crippen LogP contribution in [0.5, 0.6) is 5.75 Å². The number of ether oxygens (including phenoxy) is 1. The Morgan fingerprint density at radius 1 is 1.32 bits per heavy atom. The number of imidazole rings is 1. The number of rotatable bonds is 6. The van der Waals surface area contributed by atoms with Gasteiger partial charge in [0.05, 0.1) is 24.7 Å². The summed E-state index contributed by atoms with van der Waals surface area (Å²) >= 11 is 0. The Balaban J connectivity index is 2.38. The number of nitrogens with one attached hydrogen (secondary N) is 1. The van der Waals surface area contributed by atoms with E-state index in [1.165, 1.54) is 0 Å². The molecule has 1 atom stereocenters. The molecule has 2 rings (SSSR count). The van der Waals surface area contributed by atoms with Crippen LogP contribution in [0.4, 0.5) is 0 Å². The molecule has 1 aromatic carbocycles. The minimum Gasteiger partial charge on any atom is -0.494 e. The van der Waals surface area contributed by atoms with Crippen LogP contribution in [0.3, 0.4) is 0 Å². The third-order valence-corrected chi connectivity index (χ3v) is 2.96. The van der Waals surface area contributed by atoms with E-state index in [0.717, 1.165) is 23.6 Å². The Bertz CT molecular complexity index is 522. The third kappa shape index (κ3) is 3.15. The Hall–Kier alpha value is -1.81. The van der Waals surface area contributed by atoms with Crippen molar-refractivity contribution >= 4 is 0 Å². The summed E-state index contributed by atoms with van der Waals surface area (Å²) in [6.07, 6.45) is 3.86. The predicted octanol–water partition coefficient (Wildman–Crippen LogP) is 2.52. The molecule has 1 N–H and O–H groups in total. The maximum Gasteiger partial charge on any atom is 0.124 e. The number of aryl methyl sites for hydroxylation is 1. The molecule has 0 saturated heterocycles. The van der Waals surface area contributed by atoms with E-state index in [1.54, 1.807) is 0 Å². The lowest BCUT2D eigenvalue weighted by Crippen LogP contribution is -2.23. The molecule has 1 unspecified atom stereocenters. The first-order valence-corrected chi connectivity index (χ1v) is 6.69. The molecule has 0 amide bonds. The van der Waals surface area contributed by atoms with Gasteiger partial charge in [0, 0.05) is 18.8 Å². The van der Waals surface area contributed by atoms with Crippen molar-refractivity contribution < 1.29 is 4.74 Å². The zero-order chi connectivity index (χ0) is 13.7. The molecule has 19 heavy (non-hydrogen) atoms. The molecular formula is C15H21N3O. The van der Waals surface area contributed by atoms with Crippen molar-refractivity contribution in [1.29, 1.82) is 0 Å². The molecular weight excluding hydrogens is 238 g/mol. The van der Waals surface area contributed by atoms with Crippen molar-refractivity contribution in [2.45, 2.75) is 19.9 Å². The highest BCUT2D eigenvalue weighted by Gasteiger charge is 2.19. The van der Waals surface area contributed by atoms with Crippen LogP contribution in [0.25, 0.3) is 0 Å². The van der Waals surface area contributed by atoms with E-state index >= 15 is 0 Å². The van der Waals surface area contributed by atoms with Crippen LogP contribution < -0.4 is 10.1 Å². The smallest absolute Gasteiger partial charge is 0.124 e. The van der Waals surface area contributed by atoms with Crippen LogP contribution in [0, 0.1) is 0 Å². The zero-order valence-electron chi connectivity index (χ0n) is 11.8. The van der Waals surface area contributed by atoms with Gasteiger partial charge in [0.1, 0.15) is 5.75 Å². The third-order valence-electron chi connectivity index (χ3n) is 2.96. The molecule has 0 spiro atoms. The summed E-state index contributed by atoms with van der Waals surface area (Å²) in [6.45, 7) is 5.64. The summed E-state index contributed by atoms with van der Waals surface area (Å²) in [5.41, 5.74) is 2.14. The van der Waals surface area contributed by atoms with Crippen LogP contribution in [-0.2, 0) is 7.05 Å². The Labute approximate surface area is 114 Å². The van der Waals surface area contributed by atoms with E-state index in [9.17, 15) is 0 Å². The second-order valence-corrected chi connectivity index (χ2v) is 4.43. The van der Waals surface area contributed by atoms with Gasteiger partial charge in [-0.05, 0) is 19.5 Å². The van der Waals surface area contributed by atoms with Crippen molar-refractivity contribution in [2.75, 3.05) is 13.2 Å². The van der Waals surface area contributed by atoms with Crippen LogP contribution in [0.15, 0.2) is 36.8 Å². The monoisotopic (exact) mass is 259 g/mol. The SMILES string of the molecule is CCNC(c1cn(C)cn1)c1ccccc1OCC. The van der Waals surface area contributed by atoms with E-state index < -0.39 is 0 Å². The summed E-state index contributed by atoms with van der Waals surface area (Å²) in [5, 5.41) is 3.47. The van der Waals surface area contributed by atoms with Gasteiger partial charge in [-0.2, -0.15) is 0 Å². The van der Waals surface area contributed by atoms with E-state index in [4.69, 9.17) is 4.74 Å².